The van der Waals surface area contributed by atoms with Crippen molar-refractivity contribution < 1.29 is 0 Å². The lowest BCUT2D eigenvalue weighted by Gasteiger charge is -2.26. The van der Waals surface area contributed by atoms with Gasteiger partial charge in [-0.25, -0.2) is 0 Å². The summed E-state index contributed by atoms with van der Waals surface area (Å²) in [6.45, 7) is 0. The Morgan fingerprint density at radius 3 is 0.848 bits per heavy atom. The van der Waals surface area contributed by atoms with Crippen LogP contribution >= 0.6 is 0 Å². The van der Waals surface area contributed by atoms with Crippen LogP contribution < -0.4 is 9.80 Å². The Bertz CT molecular complexity index is 7130. The summed E-state index contributed by atoms with van der Waals surface area (Å²) in [4.78, 5) is 4.67. The molecule has 0 aliphatic carbocycles. The second-order valence-electron chi connectivity index (χ2n) is 29.1. The van der Waals surface area contributed by atoms with Gasteiger partial charge in [-0.2, -0.15) is 0 Å². The molecule has 0 bridgehead atoms. The number of hydrogen-bond donors (Lipinski definition) is 0. The van der Waals surface area contributed by atoms with Crippen molar-refractivity contribution in [1.82, 2.24) is 9.13 Å². The van der Waals surface area contributed by atoms with Gasteiger partial charge in [-0.3, -0.25) is 0 Å². The maximum atomic E-state index is 2.43. The normalized spacial score (nSPS) is 11.6. The molecule has 2 aromatic heterocycles. The molecule has 0 aliphatic rings. The minimum absolute atomic E-state index is 1.11. The molecule has 0 aliphatic heterocycles. The Hall–Kier alpha value is -14.8. The predicted octanol–water partition coefficient (Wildman–Crippen LogP) is 30.1. The summed E-state index contributed by atoms with van der Waals surface area (Å²) in [5.41, 5.74) is 23.4. The molecule has 524 valence electrons. The molecule has 0 saturated heterocycles. The molecule has 20 aromatic carbocycles. The van der Waals surface area contributed by atoms with Gasteiger partial charge in [-0.15, -0.1) is 0 Å². The number of nitrogens with zero attached hydrogens (tertiary/aromatic N) is 4. The number of para-hydroxylation sites is 2. The van der Waals surface area contributed by atoms with Crippen LogP contribution in [0.25, 0.3) is 164 Å². The molecule has 0 atom stereocenters. The summed E-state index contributed by atoms with van der Waals surface area (Å²) in [6, 6.07) is 159. The molecule has 0 unspecified atom stereocenters. The number of aromatic nitrogens is 2. The molecule has 4 nitrogen and oxygen atoms in total. The minimum Gasteiger partial charge on any atom is -0.311 e. The molecule has 2 heterocycles. The summed E-state index contributed by atoms with van der Waals surface area (Å²) in [5.74, 6) is 0. The van der Waals surface area contributed by atoms with Gasteiger partial charge in [0.15, 0.2) is 0 Å². The first kappa shape index (κ1) is 65.5. The molecule has 0 saturated carbocycles. The van der Waals surface area contributed by atoms with E-state index in [-0.39, 0.29) is 0 Å². The van der Waals surface area contributed by atoms with Crippen LogP contribution in [-0.4, -0.2) is 9.13 Å². The van der Waals surface area contributed by atoms with Crippen molar-refractivity contribution in [2.45, 2.75) is 0 Å². The van der Waals surface area contributed by atoms with Crippen LogP contribution in [0.5, 0.6) is 0 Å². The molecular weight excluding hydrogens is 1350 g/mol. The van der Waals surface area contributed by atoms with E-state index in [9.17, 15) is 0 Å². The monoisotopic (exact) mass is 1420 g/mol. The highest BCUT2D eigenvalue weighted by atomic mass is 15.1. The van der Waals surface area contributed by atoms with Gasteiger partial charge in [0.2, 0.25) is 0 Å². The summed E-state index contributed by atoms with van der Waals surface area (Å²) in [6.07, 6.45) is 0. The quantitative estimate of drug-likeness (QED) is 0.121. The van der Waals surface area contributed by atoms with Crippen LogP contribution in [0.15, 0.2) is 437 Å². The fraction of sp³-hybridized carbons (Fsp3) is 0. The summed E-state index contributed by atoms with van der Waals surface area (Å²) in [7, 11) is 0. The largest absolute Gasteiger partial charge is 0.311 e. The third kappa shape index (κ3) is 11.6. The maximum Gasteiger partial charge on any atom is 0.0547 e. The van der Waals surface area contributed by atoms with Crippen LogP contribution in [-0.2, 0) is 0 Å². The van der Waals surface area contributed by atoms with E-state index in [1.165, 1.54) is 153 Å². The number of anilines is 6. The molecule has 0 fully saturated rings. The Morgan fingerprint density at radius 2 is 0.429 bits per heavy atom. The van der Waals surface area contributed by atoms with Gasteiger partial charge < -0.3 is 18.9 Å². The second-order valence-corrected chi connectivity index (χ2v) is 29.1. The van der Waals surface area contributed by atoms with Crippen molar-refractivity contribution in [3.8, 4) is 55.9 Å². The molecule has 0 spiro atoms. The molecule has 0 amide bonds. The van der Waals surface area contributed by atoms with Gasteiger partial charge >= 0.3 is 0 Å². The van der Waals surface area contributed by atoms with E-state index in [2.05, 4.69) is 456 Å². The zero-order chi connectivity index (χ0) is 74.0. The van der Waals surface area contributed by atoms with Crippen LogP contribution in [0.4, 0.5) is 34.1 Å². The topological polar surface area (TPSA) is 16.3 Å². The Morgan fingerprint density at radius 1 is 0.152 bits per heavy atom. The van der Waals surface area contributed by atoms with Gasteiger partial charge in [0.1, 0.15) is 0 Å². The van der Waals surface area contributed by atoms with Crippen molar-refractivity contribution in [3.05, 3.63) is 437 Å². The third-order valence-electron chi connectivity index (χ3n) is 22.7. The first-order valence-electron chi connectivity index (χ1n) is 38.5. The fourth-order valence-electron chi connectivity index (χ4n) is 17.4. The molecular formula is C108H72N4. The number of benzene rings is 20. The number of hydrogen-bond acceptors (Lipinski definition) is 2. The van der Waals surface area contributed by atoms with Gasteiger partial charge in [0.25, 0.3) is 0 Å². The van der Waals surface area contributed by atoms with E-state index >= 15 is 0 Å². The SMILES string of the molecule is c1ccc(N(c2ccc(-c3ccc(-n4c5ccc6ccccc6c5c5c6ccccc6ccc54)cc3)cc2)c2ccc(-c3cccc4ccccc34)cc2)cc1.c1ccc(N(c2ccc(-c3ccc(-n4c5ccc6ccccc6c5c5c6ccccc6ccc54)cc3)cc2)c2cccc(-c3ccc4ccccc4c3)c2)cc1. The Kier molecular flexibility index (Phi) is 16.2. The van der Waals surface area contributed by atoms with Gasteiger partial charge in [-0.1, -0.05) is 309 Å². The smallest absolute Gasteiger partial charge is 0.0547 e. The zero-order valence-electron chi connectivity index (χ0n) is 61.4. The second kappa shape index (κ2) is 27.7. The highest BCUT2D eigenvalue weighted by Gasteiger charge is 2.22. The van der Waals surface area contributed by atoms with Crippen molar-refractivity contribution in [1.29, 1.82) is 0 Å². The molecule has 0 radical (unpaired) electrons. The van der Waals surface area contributed by atoms with E-state index in [1.54, 1.807) is 0 Å². The maximum absolute atomic E-state index is 2.43. The molecule has 22 rings (SSSR count). The van der Waals surface area contributed by atoms with E-state index in [0.717, 1.165) is 45.5 Å². The van der Waals surface area contributed by atoms with Crippen LogP contribution in [0.3, 0.4) is 0 Å². The van der Waals surface area contributed by atoms with E-state index in [1.807, 2.05) is 0 Å². The summed E-state index contributed by atoms with van der Waals surface area (Å²) >= 11 is 0. The lowest BCUT2D eigenvalue weighted by molar-refractivity contribution is 1.18. The predicted molar refractivity (Wildman–Crippen MR) is 478 cm³/mol. The molecule has 112 heavy (non-hydrogen) atoms. The van der Waals surface area contributed by atoms with Crippen molar-refractivity contribution >= 4 is 142 Å². The molecule has 22 aromatic rings. The zero-order valence-corrected chi connectivity index (χ0v) is 61.4. The third-order valence-corrected chi connectivity index (χ3v) is 22.7. The van der Waals surface area contributed by atoms with Crippen LogP contribution in [0.2, 0.25) is 0 Å². The highest BCUT2D eigenvalue weighted by molar-refractivity contribution is 6.30. The van der Waals surface area contributed by atoms with Crippen molar-refractivity contribution in [2.24, 2.45) is 0 Å². The summed E-state index contributed by atoms with van der Waals surface area (Å²) < 4.78 is 4.86. The minimum atomic E-state index is 1.11. The average molecular weight is 1430 g/mol. The van der Waals surface area contributed by atoms with Crippen LogP contribution in [0, 0.1) is 0 Å². The van der Waals surface area contributed by atoms with E-state index in [0.29, 0.717) is 0 Å². The van der Waals surface area contributed by atoms with Gasteiger partial charge in [0.05, 0.1) is 22.1 Å². The fourth-order valence-corrected chi connectivity index (χ4v) is 17.4. The van der Waals surface area contributed by atoms with Gasteiger partial charge in [0, 0.05) is 67.0 Å². The van der Waals surface area contributed by atoms with E-state index in [4.69, 9.17) is 0 Å². The molecule has 0 N–H and O–H groups in total. The first-order valence-corrected chi connectivity index (χ1v) is 38.5. The van der Waals surface area contributed by atoms with E-state index < -0.39 is 0 Å². The standard InChI is InChI=1S/2C54H36N2/c1-2-15-43(16-3-1)55(45-33-25-42(26-34-45)48-20-10-14-39-11-4-7-17-47(39)48)44-29-21-37(22-30-44)38-23-31-46(32-24-38)56-51-35-27-40-12-5-8-18-49(40)53(51)54-50-19-9-6-13-41(50)28-36-52(54)56;1-2-16-45(17-3-1)55(48-18-10-15-43(36-48)44-22-21-37-11-4-5-14-42(37)35-44)46-29-23-38(24-30-46)39-25-31-47(32-26-39)56-51-33-27-40-12-6-8-19-49(40)53(51)54-50-20-9-7-13-41(50)28-34-52(54)56/h2*1-36H. The van der Waals surface area contributed by atoms with Gasteiger partial charge in [-0.05, 0) is 237 Å². The Balaban J connectivity index is 0.000000141. The average Bonchev–Trinajstić information content (AvgIpc) is 1.57. The molecule has 4 heteroatoms. The van der Waals surface area contributed by atoms with Crippen molar-refractivity contribution in [2.75, 3.05) is 9.80 Å². The lowest BCUT2D eigenvalue weighted by atomic mass is 9.98. The number of rotatable bonds is 12. The highest BCUT2D eigenvalue weighted by Crippen LogP contribution is 2.46. The van der Waals surface area contributed by atoms with Crippen LogP contribution in [0.1, 0.15) is 0 Å². The Labute approximate surface area is 649 Å². The van der Waals surface area contributed by atoms with Crippen molar-refractivity contribution in [3.63, 3.8) is 0 Å². The first-order chi connectivity index (χ1) is 55.5. The lowest BCUT2D eigenvalue weighted by Crippen LogP contribution is -2.09. The number of fused-ring (bicyclic) bond motifs is 16. The summed E-state index contributed by atoms with van der Waals surface area (Å²) in [5, 5.41) is 20.4.